The minimum atomic E-state index is 0.0459. The first-order valence-corrected chi connectivity index (χ1v) is 8.67. The fourth-order valence-electron chi connectivity index (χ4n) is 3.78. The molecule has 21 heavy (non-hydrogen) atoms. The molecule has 0 unspecified atom stereocenters. The number of thiazole rings is 1. The van der Waals surface area contributed by atoms with E-state index < -0.39 is 0 Å². The van der Waals surface area contributed by atoms with Gasteiger partial charge in [-0.2, -0.15) is 0 Å². The summed E-state index contributed by atoms with van der Waals surface area (Å²) in [5.41, 5.74) is 2.26. The highest BCUT2D eigenvalue weighted by Crippen LogP contribution is 2.39. The average Bonchev–Trinajstić information content (AvgIpc) is 3.18. The molecule has 0 bridgehead atoms. The summed E-state index contributed by atoms with van der Waals surface area (Å²) in [6.07, 6.45) is 4.82. The number of hydrogen-bond donors (Lipinski definition) is 0. The lowest BCUT2D eigenvalue weighted by molar-refractivity contribution is -0.141. The topological polar surface area (TPSA) is 53.5 Å². The first kappa shape index (κ1) is 13.2. The molecule has 3 heterocycles. The second kappa shape index (κ2) is 5.09. The highest BCUT2D eigenvalue weighted by atomic mass is 32.1. The Morgan fingerprint density at radius 2 is 2.14 bits per heavy atom. The lowest BCUT2D eigenvalue weighted by atomic mass is 9.83. The van der Waals surface area contributed by atoms with Crippen molar-refractivity contribution in [2.75, 3.05) is 13.1 Å². The van der Waals surface area contributed by atoms with Crippen LogP contribution in [0.25, 0.3) is 0 Å². The third kappa shape index (κ3) is 2.35. The molecule has 4 rings (SSSR count). The number of nitrogens with zero attached hydrogens (tertiary/aromatic N) is 3. The Hall–Kier alpha value is -1.43. The molecule has 2 atom stereocenters. The van der Waals surface area contributed by atoms with Crippen LogP contribution in [-0.2, 0) is 4.79 Å². The maximum Gasteiger partial charge on any atom is 0.273 e. The zero-order valence-corrected chi connectivity index (χ0v) is 12.7. The molecular weight excluding hydrogens is 286 g/mol. The van der Waals surface area contributed by atoms with Crippen molar-refractivity contribution in [3.8, 4) is 0 Å². The van der Waals surface area contributed by atoms with E-state index in [1.807, 2.05) is 10.3 Å². The summed E-state index contributed by atoms with van der Waals surface area (Å²) in [7, 11) is 0. The molecule has 112 valence electrons. The highest BCUT2D eigenvalue weighted by Gasteiger charge is 2.45. The molecule has 0 aromatic carbocycles. The molecule has 1 saturated carbocycles. The van der Waals surface area contributed by atoms with Crippen LogP contribution in [0, 0.1) is 5.92 Å². The van der Waals surface area contributed by atoms with Crippen LogP contribution in [0.3, 0.4) is 0 Å². The van der Waals surface area contributed by atoms with Gasteiger partial charge in [-0.25, -0.2) is 4.98 Å². The number of fused-ring (bicyclic) bond motifs is 1. The smallest absolute Gasteiger partial charge is 0.273 e. The van der Waals surface area contributed by atoms with Crippen molar-refractivity contribution in [2.24, 2.45) is 5.92 Å². The van der Waals surface area contributed by atoms with E-state index in [4.69, 9.17) is 0 Å². The van der Waals surface area contributed by atoms with Crippen molar-refractivity contribution in [3.05, 3.63) is 16.6 Å². The van der Waals surface area contributed by atoms with E-state index in [2.05, 4.69) is 9.88 Å². The van der Waals surface area contributed by atoms with Crippen molar-refractivity contribution >= 4 is 23.2 Å². The molecule has 6 heteroatoms. The summed E-state index contributed by atoms with van der Waals surface area (Å²) in [4.78, 5) is 32.8. The van der Waals surface area contributed by atoms with Gasteiger partial charge in [0.2, 0.25) is 5.91 Å². The Balaban J connectivity index is 1.48. The third-order valence-electron chi connectivity index (χ3n) is 4.95. The lowest BCUT2D eigenvalue weighted by Crippen LogP contribution is -2.57. The van der Waals surface area contributed by atoms with E-state index in [1.54, 1.807) is 5.51 Å². The normalized spacial score (nSPS) is 29.4. The number of piperidine rings is 2. The van der Waals surface area contributed by atoms with E-state index >= 15 is 0 Å². The van der Waals surface area contributed by atoms with E-state index in [0.717, 1.165) is 38.8 Å². The van der Waals surface area contributed by atoms with E-state index in [1.165, 1.54) is 11.3 Å². The van der Waals surface area contributed by atoms with Gasteiger partial charge in [0.1, 0.15) is 5.69 Å². The van der Waals surface area contributed by atoms with Gasteiger partial charge in [0.05, 0.1) is 5.51 Å². The van der Waals surface area contributed by atoms with Crippen LogP contribution in [0.1, 0.15) is 42.6 Å². The molecule has 3 aliphatic rings. The van der Waals surface area contributed by atoms with Gasteiger partial charge >= 0.3 is 0 Å². The first-order valence-electron chi connectivity index (χ1n) is 7.72. The number of carbonyl (C=O) groups excluding carboxylic acids is 2. The Morgan fingerprint density at radius 3 is 2.86 bits per heavy atom. The summed E-state index contributed by atoms with van der Waals surface area (Å²) >= 11 is 1.46. The molecule has 2 amide bonds. The summed E-state index contributed by atoms with van der Waals surface area (Å²) < 4.78 is 0. The van der Waals surface area contributed by atoms with Gasteiger partial charge in [0, 0.05) is 37.0 Å². The van der Waals surface area contributed by atoms with Gasteiger partial charge in [-0.05, 0) is 31.6 Å². The molecule has 0 spiro atoms. The standard InChI is InChI=1S/C15H19N3O2S/c19-14-4-1-10-7-17(15(20)12-8-21-9-16-12)6-5-13(10)18(14)11-2-3-11/h8-11,13H,1-7H2/t10-,13-/m0/s1. The Labute approximate surface area is 127 Å². The van der Waals surface area contributed by atoms with Crippen LogP contribution in [0.2, 0.25) is 0 Å². The number of rotatable bonds is 2. The first-order chi connectivity index (χ1) is 10.2. The predicted octanol–water partition coefficient (Wildman–Crippen LogP) is 1.76. The molecule has 2 aliphatic heterocycles. The monoisotopic (exact) mass is 305 g/mol. The molecule has 1 aliphatic carbocycles. The highest BCUT2D eigenvalue weighted by molar-refractivity contribution is 7.07. The van der Waals surface area contributed by atoms with Crippen molar-refractivity contribution in [3.63, 3.8) is 0 Å². The van der Waals surface area contributed by atoms with Crippen molar-refractivity contribution in [1.82, 2.24) is 14.8 Å². The molecule has 5 nitrogen and oxygen atoms in total. The van der Waals surface area contributed by atoms with Gasteiger partial charge in [-0.1, -0.05) is 0 Å². The lowest BCUT2D eigenvalue weighted by Gasteiger charge is -2.47. The van der Waals surface area contributed by atoms with Crippen molar-refractivity contribution in [1.29, 1.82) is 0 Å². The van der Waals surface area contributed by atoms with Gasteiger partial charge in [0.15, 0.2) is 0 Å². The van der Waals surface area contributed by atoms with Gasteiger partial charge < -0.3 is 9.80 Å². The Kier molecular flexibility index (Phi) is 3.21. The molecule has 1 aromatic rings. The summed E-state index contributed by atoms with van der Waals surface area (Å²) in [6.45, 7) is 1.52. The van der Waals surface area contributed by atoms with Crippen LogP contribution in [0.15, 0.2) is 10.9 Å². The Bertz CT molecular complexity index is 555. The molecule has 3 fully saturated rings. The fraction of sp³-hybridized carbons (Fsp3) is 0.667. The zero-order valence-electron chi connectivity index (χ0n) is 11.9. The minimum Gasteiger partial charge on any atom is -0.337 e. The molecule has 2 saturated heterocycles. The van der Waals surface area contributed by atoms with Crippen molar-refractivity contribution in [2.45, 2.75) is 44.2 Å². The quantitative estimate of drug-likeness (QED) is 0.836. The second-order valence-electron chi connectivity index (χ2n) is 6.31. The van der Waals surface area contributed by atoms with Crippen molar-refractivity contribution < 1.29 is 9.59 Å². The van der Waals surface area contributed by atoms with E-state index in [9.17, 15) is 9.59 Å². The number of carbonyl (C=O) groups is 2. The molecule has 0 N–H and O–H groups in total. The largest absolute Gasteiger partial charge is 0.337 e. The van der Waals surface area contributed by atoms with E-state index in [-0.39, 0.29) is 5.91 Å². The summed E-state index contributed by atoms with van der Waals surface area (Å²) in [6, 6.07) is 0.851. The molecular formula is C15H19N3O2S. The third-order valence-corrected chi connectivity index (χ3v) is 5.53. The van der Waals surface area contributed by atoms with Gasteiger partial charge in [-0.15, -0.1) is 11.3 Å². The number of aromatic nitrogens is 1. The van der Waals surface area contributed by atoms with Crippen LogP contribution in [-0.4, -0.2) is 51.8 Å². The average molecular weight is 305 g/mol. The Morgan fingerprint density at radius 1 is 1.29 bits per heavy atom. The van der Waals surface area contributed by atoms with Crippen LogP contribution in [0.5, 0.6) is 0 Å². The fourth-order valence-corrected chi connectivity index (χ4v) is 4.31. The molecule has 0 radical (unpaired) electrons. The number of amides is 2. The van der Waals surface area contributed by atoms with Gasteiger partial charge in [-0.3, -0.25) is 9.59 Å². The summed E-state index contributed by atoms with van der Waals surface area (Å²) in [5, 5.41) is 1.81. The van der Waals surface area contributed by atoms with Gasteiger partial charge in [0.25, 0.3) is 5.91 Å². The minimum absolute atomic E-state index is 0.0459. The maximum atomic E-state index is 12.4. The number of hydrogen-bond acceptors (Lipinski definition) is 4. The molecule has 1 aromatic heterocycles. The second-order valence-corrected chi connectivity index (χ2v) is 7.03. The van der Waals surface area contributed by atoms with Crippen LogP contribution < -0.4 is 0 Å². The predicted molar refractivity (Wildman–Crippen MR) is 79.0 cm³/mol. The van der Waals surface area contributed by atoms with Crippen LogP contribution in [0.4, 0.5) is 0 Å². The summed E-state index contributed by atoms with van der Waals surface area (Å²) in [5.74, 6) is 0.822. The van der Waals surface area contributed by atoms with Crippen LogP contribution >= 0.6 is 11.3 Å². The maximum absolute atomic E-state index is 12.4. The number of likely N-dealkylation sites (tertiary alicyclic amines) is 2. The van der Waals surface area contributed by atoms with E-state index in [0.29, 0.717) is 36.0 Å². The SMILES string of the molecule is O=C(c1cscn1)N1CC[C@H]2[C@@H](CCC(=O)N2C2CC2)C1. The zero-order chi connectivity index (χ0) is 14.4.